The molecule has 0 saturated carbocycles. The minimum absolute atomic E-state index is 0.405. The van der Waals surface area contributed by atoms with E-state index in [9.17, 15) is 5.11 Å². The van der Waals surface area contributed by atoms with Gasteiger partial charge in [0.25, 0.3) is 0 Å². The Morgan fingerprint density at radius 3 is 2.55 bits per heavy atom. The van der Waals surface area contributed by atoms with Gasteiger partial charge in [-0.1, -0.05) is 18.2 Å². The summed E-state index contributed by atoms with van der Waals surface area (Å²) in [7, 11) is 0.405. The maximum absolute atomic E-state index is 9.42. The predicted octanol–water partition coefficient (Wildman–Crippen LogP) is 2.15. The third-order valence-electron chi connectivity index (χ3n) is 1.91. The number of benzene rings is 1. The van der Waals surface area contributed by atoms with Gasteiger partial charge >= 0.3 is 0 Å². The fourth-order valence-corrected chi connectivity index (χ4v) is 2.57. The molecule has 1 aromatic rings. The molecule has 58 valence electrons. The summed E-state index contributed by atoms with van der Waals surface area (Å²) in [6, 6.07) is 7.57. The highest BCUT2D eigenvalue weighted by Gasteiger charge is 2.23. The Morgan fingerprint density at radius 2 is 2.00 bits per heavy atom. The summed E-state index contributed by atoms with van der Waals surface area (Å²) in [4.78, 5) is 0. The van der Waals surface area contributed by atoms with Crippen molar-refractivity contribution in [1.82, 2.24) is 0 Å². The topological polar surface area (TPSA) is 20.2 Å². The minimum atomic E-state index is 0.405. The smallest absolute Gasteiger partial charge is 0.120 e. The molecule has 1 aliphatic heterocycles. The van der Waals surface area contributed by atoms with Crippen molar-refractivity contribution in [2.45, 2.75) is 5.25 Å². The molecule has 11 heavy (non-hydrogen) atoms. The van der Waals surface area contributed by atoms with E-state index in [4.69, 9.17) is 0 Å². The van der Waals surface area contributed by atoms with Gasteiger partial charge in [-0.3, -0.25) is 0 Å². The van der Waals surface area contributed by atoms with E-state index >= 15 is 0 Å². The Morgan fingerprint density at radius 1 is 1.36 bits per heavy atom. The van der Waals surface area contributed by atoms with Gasteiger partial charge in [-0.2, -0.15) is 10.5 Å². The van der Waals surface area contributed by atoms with Crippen molar-refractivity contribution < 1.29 is 5.11 Å². The summed E-state index contributed by atoms with van der Waals surface area (Å²) in [5.74, 6) is 0.436. The molecular weight excluding hydrogens is 156 g/mol. The second-order valence-corrected chi connectivity index (χ2v) is 4.72. The average molecular weight is 166 g/mol. The zero-order valence-electron chi connectivity index (χ0n) is 6.32. The number of hydrogen-bond acceptors (Lipinski definition) is 1. The van der Waals surface area contributed by atoms with Crippen LogP contribution >= 0.6 is 10.5 Å². The van der Waals surface area contributed by atoms with Crippen molar-refractivity contribution in [1.29, 1.82) is 0 Å². The summed E-state index contributed by atoms with van der Waals surface area (Å²) in [6.07, 6.45) is 2.19. The number of rotatable bonds is 1. The predicted molar refractivity (Wildman–Crippen MR) is 50.4 cm³/mol. The van der Waals surface area contributed by atoms with Crippen molar-refractivity contribution in [3.63, 3.8) is 0 Å². The number of para-hydroxylation sites is 1. The van der Waals surface area contributed by atoms with Crippen LogP contribution in [-0.4, -0.2) is 16.7 Å². The fourth-order valence-electron chi connectivity index (χ4n) is 1.16. The molecule has 2 unspecified atom stereocenters. The summed E-state index contributed by atoms with van der Waals surface area (Å²) < 4.78 is 0. The Bertz CT molecular complexity index is 317. The summed E-state index contributed by atoms with van der Waals surface area (Å²) >= 11 is 0. The molecule has 0 fully saturated rings. The molecule has 0 bridgehead atoms. The summed E-state index contributed by atoms with van der Waals surface area (Å²) in [6.45, 7) is 0. The van der Waals surface area contributed by atoms with Gasteiger partial charge in [-0.15, -0.1) is 0 Å². The molecule has 1 heterocycles. The second-order valence-electron chi connectivity index (χ2n) is 2.72. The highest BCUT2D eigenvalue weighted by atomic mass is 32.2. The molecule has 2 rings (SSSR count). The lowest BCUT2D eigenvalue weighted by Crippen LogP contribution is -1.81. The van der Waals surface area contributed by atoms with Crippen molar-refractivity contribution in [2.24, 2.45) is 0 Å². The van der Waals surface area contributed by atoms with Gasteiger partial charge < -0.3 is 5.11 Å². The van der Waals surface area contributed by atoms with E-state index < -0.39 is 0 Å². The van der Waals surface area contributed by atoms with Crippen LogP contribution in [0.3, 0.4) is 0 Å². The van der Waals surface area contributed by atoms with E-state index in [-0.39, 0.29) is 0 Å². The van der Waals surface area contributed by atoms with Crippen LogP contribution in [0, 0.1) is 0 Å². The first kappa shape index (κ1) is 6.92. The zero-order valence-corrected chi connectivity index (χ0v) is 7.14. The lowest BCUT2D eigenvalue weighted by atomic mass is 10.1. The molecule has 2 atom stereocenters. The van der Waals surface area contributed by atoms with Crippen LogP contribution in [0.4, 0.5) is 0 Å². The molecule has 1 aromatic carbocycles. The van der Waals surface area contributed by atoms with Gasteiger partial charge in [0.2, 0.25) is 0 Å². The van der Waals surface area contributed by atoms with Crippen LogP contribution in [-0.2, 0) is 0 Å². The van der Waals surface area contributed by atoms with Gasteiger partial charge in [0.1, 0.15) is 5.75 Å². The number of aromatic hydroxyl groups is 1. The van der Waals surface area contributed by atoms with Crippen molar-refractivity contribution in [3.8, 4) is 5.75 Å². The van der Waals surface area contributed by atoms with E-state index in [0.29, 0.717) is 21.5 Å². The standard InChI is InChI=1S/C9H10OS/c1-11-6-9(11)7-4-2-3-5-8(7)10/h2-6,9-10H,1H3. The maximum atomic E-state index is 9.42. The van der Waals surface area contributed by atoms with E-state index in [1.807, 2.05) is 18.2 Å². The average Bonchev–Trinajstić information content (AvgIpc) is 2.68. The highest BCUT2D eigenvalue weighted by Crippen LogP contribution is 2.46. The lowest BCUT2D eigenvalue weighted by molar-refractivity contribution is 0.470. The molecular formula is C9H10OS. The molecule has 1 aliphatic rings. The molecule has 1 N–H and O–H groups in total. The zero-order chi connectivity index (χ0) is 7.84. The molecule has 0 spiro atoms. The maximum Gasteiger partial charge on any atom is 0.120 e. The lowest BCUT2D eigenvalue weighted by Gasteiger charge is -2.01. The van der Waals surface area contributed by atoms with Gasteiger partial charge in [-0.05, 0) is 17.7 Å². The van der Waals surface area contributed by atoms with Crippen molar-refractivity contribution >= 4 is 15.9 Å². The summed E-state index contributed by atoms with van der Waals surface area (Å²) in [5.41, 5.74) is 1.08. The largest absolute Gasteiger partial charge is 0.508 e. The third-order valence-corrected chi connectivity index (χ3v) is 3.48. The molecule has 0 saturated heterocycles. The first-order valence-corrected chi connectivity index (χ1v) is 5.31. The first-order valence-electron chi connectivity index (χ1n) is 3.55. The van der Waals surface area contributed by atoms with E-state index in [1.54, 1.807) is 6.07 Å². The fraction of sp³-hybridized carbons (Fsp3) is 0.222. The number of hydrogen-bond donors (Lipinski definition) is 1. The van der Waals surface area contributed by atoms with E-state index in [0.717, 1.165) is 5.56 Å². The number of phenols is 1. The molecule has 2 heteroatoms. The highest BCUT2D eigenvalue weighted by molar-refractivity contribution is 8.22. The van der Waals surface area contributed by atoms with Gasteiger partial charge in [0.05, 0.1) is 5.25 Å². The van der Waals surface area contributed by atoms with Gasteiger partial charge in [0, 0.05) is 5.56 Å². The minimum Gasteiger partial charge on any atom is -0.508 e. The Hall–Kier alpha value is -0.760. The molecule has 0 aliphatic carbocycles. The first-order chi connectivity index (χ1) is 5.29. The monoisotopic (exact) mass is 166 g/mol. The number of phenolic OH excluding ortho intramolecular Hbond substituents is 1. The van der Waals surface area contributed by atoms with Crippen LogP contribution in [0.2, 0.25) is 0 Å². The molecule has 0 radical (unpaired) electrons. The molecule has 1 nitrogen and oxygen atoms in total. The van der Waals surface area contributed by atoms with Crippen LogP contribution in [0.5, 0.6) is 5.75 Å². The van der Waals surface area contributed by atoms with Crippen LogP contribution in [0.15, 0.2) is 24.3 Å². The van der Waals surface area contributed by atoms with Crippen molar-refractivity contribution in [2.75, 3.05) is 6.26 Å². The summed E-state index contributed by atoms with van der Waals surface area (Å²) in [5, 5.41) is 12.2. The van der Waals surface area contributed by atoms with Crippen LogP contribution in [0.1, 0.15) is 10.8 Å². The molecule has 0 aromatic heterocycles. The SMILES string of the molecule is CS1=CC1c1ccccc1O. The quantitative estimate of drug-likeness (QED) is 0.634. The Kier molecular flexibility index (Phi) is 1.50. The Balaban J connectivity index is 2.32. The van der Waals surface area contributed by atoms with Crippen LogP contribution < -0.4 is 0 Å². The van der Waals surface area contributed by atoms with E-state index in [1.165, 1.54) is 0 Å². The van der Waals surface area contributed by atoms with Gasteiger partial charge in [-0.25, -0.2) is 0 Å². The van der Waals surface area contributed by atoms with Crippen molar-refractivity contribution in [3.05, 3.63) is 29.8 Å². The van der Waals surface area contributed by atoms with Crippen LogP contribution in [0.25, 0.3) is 0 Å². The van der Waals surface area contributed by atoms with Gasteiger partial charge in [0.15, 0.2) is 0 Å². The second kappa shape index (κ2) is 2.38. The Labute approximate surface area is 68.6 Å². The van der Waals surface area contributed by atoms with E-state index in [2.05, 4.69) is 11.6 Å². The normalized spacial score (nSPS) is 27.7. The third kappa shape index (κ3) is 1.18. The molecule has 0 amide bonds.